The first-order valence-corrected chi connectivity index (χ1v) is 11.8. The van der Waals surface area contributed by atoms with Gasteiger partial charge in [0.2, 0.25) is 11.1 Å². The number of hydrogen-bond donors (Lipinski definition) is 0. The largest absolute Gasteiger partial charge is 0.376 e. The lowest BCUT2D eigenvalue weighted by atomic mass is 10.2. The third-order valence-corrected chi connectivity index (χ3v) is 7.75. The fourth-order valence-corrected chi connectivity index (χ4v) is 6.12. The molecule has 9 nitrogen and oxygen atoms in total. The van der Waals surface area contributed by atoms with Crippen molar-refractivity contribution >= 4 is 27.5 Å². The monoisotopic (exact) mass is 401 g/mol. The van der Waals surface area contributed by atoms with E-state index in [2.05, 4.69) is 15.5 Å². The normalized spacial score (nSPS) is 27.7. The molecule has 2 atom stereocenters. The first-order valence-electron chi connectivity index (χ1n) is 9.04. The molecule has 1 saturated carbocycles. The topological polar surface area (TPSA) is 107 Å². The van der Waals surface area contributed by atoms with Crippen molar-refractivity contribution in [2.24, 2.45) is 0 Å². The highest BCUT2D eigenvalue weighted by molar-refractivity contribution is 7.99. The van der Waals surface area contributed by atoms with E-state index in [9.17, 15) is 13.2 Å². The zero-order chi connectivity index (χ0) is 18.1. The van der Waals surface area contributed by atoms with E-state index in [0.29, 0.717) is 18.1 Å². The quantitative estimate of drug-likeness (QED) is 0.593. The van der Waals surface area contributed by atoms with E-state index >= 15 is 0 Å². The summed E-state index contributed by atoms with van der Waals surface area (Å²) in [6, 6.07) is 0.0211. The maximum absolute atomic E-state index is 12.8. The minimum absolute atomic E-state index is 0.0220. The molecule has 1 aromatic heterocycles. The Bertz CT molecular complexity index is 758. The number of rotatable bonds is 7. The van der Waals surface area contributed by atoms with E-state index < -0.39 is 9.84 Å². The van der Waals surface area contributed by atoms with Crippen LogP contribution in [0.3, 0.4) is 0 Å². The molecule has 0 radical (unpaired) electrons. The summed E-state index contributed by atoms with van der Waals surface area (Å²) < 4.78 is 30.9. The molecule has 1 aliphatic carbocycles. The van der Waals surface area contributed by atoms with Crippen LogP contribution < -0.4 is 0 Å². The van der Waals surface area contributed by atoms with Gasteiger partial charge in [0.25, 0.3) is 0 Å². The number of ether oxygens (including phenoxy) is 1. The van der Waals surface area contributed by atoms with Crippen LogP contribution in [0.2, 0.25) is 0 Å². The van der Waals surface area contributed by atoms with Gasteiger partial charge in [0.05, 0.1) is 29.9 Å². The summed E-state index contributed by atoms with van der Waals surface area (Å²) in [5.41, 5.74) is 0. The van der Waals surface area contributed by atoms with Gasteiger partial charge in [0.1, 0.15) is 0 Å². The van der Waals surface area contributed by atoms with Gasteiger partial charge in [0, 0.05) is 18.7 Å². The molecule has 3 heterocycles. The number of thioether (sulfide) groups is 1. The van der Waals surface area contributed by atoms with E-state index in [0.717, 1.165) is 32.3 Å². The van der Waals surface area contributed by atoms with Gasteiger partial charge in [-0.25, -0.2) is 13.1 Å². The Morgan fingerprint density at radius 2 is 2.12 bits per heavy atom. The highest BCUT2D eigenvalue weighted by Gasteiger charge is 2.42. The molecule has 26 heavy (non-hydrogen) atoms. The molecule has 144 valence electrons. The Morgan fingerprint density at radius 3 is 2.77 bits per heavy atom. The molecule has 0 N–H and O–H groups in total. The van der Waals surface area contributed by atoms with Gasteiger partial charge in [-0.2, -0.15) is 0 Å². The number of hydrogen-bond acceptors (Lipinski definition) is 8. The zero-order valence-electron chi connectivity index (χ0n) is 14.5. The standard InChI is InChI=1S/C15H23N5O4S2/c21-14(20(11-3-4-11)12-5-7-26(22,23)10-12)9-25-15-16-17-18-19(15)8-13-2-1-6-24-13/h11-13H,1-10H2/t12-,13+/m1/s1. The molecule has 0 unspecified atom stereocenters. The van der Waals surface area contributed by atoms with Crippen LogP contribution in [0.5, 0.6) is 0 Å². The maximum atomic E-state index is 12.8. The summed E-state index contributed by atoms with van der Waals surface area (Å²) >= 11 is 1.31. The first kappa shape index (κ1) is 18.2. The molecule has 0 aromatic carbocycles. The van der Waals surface area contributed by atoms with Crippen molar-refractivity contribution in [3.8, 4) is 0 Å². The summed E-state index contributed by atoms with van der Waals surface area (Å²) in [5, 5.41) is 12.3. The Labute approximate surface area is 156 Å². The molecule has 11 heteroatoms. The fraction of sp³-hybridized carbons (Fsp3) is 0.867. The van der Waals surface area contributed by atoms with Crippen molar-refractivity contribution in [2.75, 3.05) is 23.9 Å². The summed E-state index contributed by atoms with van der Waals surface area (Å²) in [6.07, 6.45) is 4.64. The molecule has 0 bridgehead atoms. The van der Waals surface area contributed by atoms with Crippen LogP contribution in [0.4, 0.5) is 0 Å². The molecule has 2 aliphatic heterocycles. The van der Waals surface area contributed by atoms with Gasteiger partial charge in [-0.1, -0.05) is 11.8 Å². The number of nitrogens with zero attached hydrogens (tertiary/aromatic N) is 5. The molecular weight excluding hydrogens is 378 g/mol. The molecule has 0 spiro atoms. The highest BCUT2D eigenvalue weighted by atomic mass is 32.2. The fourth-order valence-electron chi connectivity index (χ4n) is 3.65. The second-order valence-corrected chi connectivity index (χ2v) is 10.3. The highest BCUT2D eigenvalue weighted by Crippen LogP contribution is 2.33. The Kier molecular flexibility index (Phi) is 5.20. The number of carbonyl (C=O) groups is 1. The van der Waals surface area contributed by atoms with Crippen LogP contribution in [0.25, 0.3) is 0 Å². The lowest BCUT2D eigenvalue weighted by Crippen LogP contribution is -2.43. The second-order valence-electron chi connectivity index (χ2n) is 7.16. The van der Waals surface area contributed by atoms with Crippen LogP contribution >= 0.6 is 11.8 Å². The molecule has 1 amide bonds. The molecule has 1 aromatic rings. The van der Waals surface area contributed by atoms with E-state index in [-0.39, 0.29) is 41.4 Å². The number of sulfone groups is 1. The predicted molar refractivity (Wildman–Crippen MR) is 94.4 cm³/mol. The Balaban J connectivity index is 1.36. The van der Waals surface area contributed by atoms with Gasteiger partial charge in [-0.05, 0) is 42.5 Å². The maximum Gasteiger partial charge on any atom is 0.233 e. The molecular formula is C15H23N5O4S2. The first-order chi connectivity index (χ1) is 12.5. The van der Waals surface area contributed by atoms with Gasteiger partial charge >= 0.3 is 0 Å². The lowest BCUT2D eigenvalue weighted by molar-refractivity contribution is -0.130. The average molecular weight is 402 g/mol. The van der Waals surface area contributed by atoms with Crippen LogP contribution in [-0.4, -0.2) is 81.5 Å². The zero-order valence-corrected chi connectivity index (χ0v) is 16.1. The third kappa shape index (κ3) is 4.20. The molecule has 3 aliphatic rings. The van der Waals surface area contributed by atoms with E-state index in [1.807, 2.05) is 4.90 Å². The second kappa shape index (κ2) is 7.43. The number of tetrazole rings is 1. The van der Waals surface area contributed by atoms with Crippen LogP contribution in [0.15, 0.2) is 5.16 Å². The Morgan fingerprint density at radius 1 is 1.27 bits per heavy atom. The minimum Gasteiger partial charge on any atom is -0.376 e. The van der Waals surface area contributed by atoms with E-state index in [4.69, 9.17) is 4.74 Å². The van der Waals surface area contributed by atoms with Crippen molar-refractivity contribution in [1.29, 1.82) is 0 Å². The third-order valence-electron chi connectivity index (χ3n) is 5.05. The van der Waals surface area contributed by atoms with Gasteiger partial charge in [0.15, 0.2) is 9.84 Å². The number of aromatic nitrogens is 4. The van der Waals surface area contributed by atoms with Crippen molar-refractivity contribution in [1.82, 2.24) is 25.1 Å². The lowest BCUT2D eigenvalue weighted by Gasteiger charge is -2.28. The molecule has 2 saturated heterocycles. The number of carbonyl (C=O) groups excluding carboxylic acids is 1. The molecule has 4 rings (SSSR count). The van der Waals surface area contributed by atoms with Crippen LogP contribution in [-0.2, 0) is 25.9 Å². The molecule has 3 fully saturated rings. The van der Waals surface area contributed by atoms with E-state index in [1.54, 1.807) is 4.68 Å². The van der Waals surface area contributed by atoms with Gasteiger partial charge in [-0.15, -0.1) is 5.10 Å². The average Bonchev–Trinajstić information content (AvgIpc) is 2.97. The summed E-state index contributed by atoms with van der Waals surface area (Å²) in [7, 11) is -3.01. The summed E-state index contributed by atoms with van der Waals surface area (Å²) in [5.74, 6) is 0.475. The SMILES string of the molecule is O=C(CSc1nnnn1C[C@@H]1CCCO1)N(C1CC1)[C@@H]1CCS(=O)(=O)C1. The predicted octanol–water partition coefficient (Wildman–Crippen LogP) is 0.122. The minimum atomic E-state index is -3.01. The van der Waals surface area contributed by atoms with Crippen LogP contribution in [0, 0.1) is 0 Å². The van der Waals surface area contributed by atoms with Crippen molar-refractivity contribution in [3.63, 3.8) is 0 Å². The summed E-state index contributed by atoms with van der Waals surface area (Å²) in [4.78, 5) is 14.6. The number of amides is 1. The van der Waals surface area contributed by atoms with Crippen molar-refractivity contribution in [2.45, 2.75) is 62.0 Å². The summed E-state index contributed by atoms with van der Waals surface area (Å²) in [6.45, 7) is 1.37. The van der Waals surface area contributed by atoms with Crippen molar-refractivity contribution < 1.29 is 17.9 Å². The Hall–Kier alpha value is -1.20. The van der Waals surface area contributed by atoms with Crippen LogP contribution in [0.1, 0.15) is 32.1 Å². The van der Waals surface area contributed by atoms with Crippen molar-refractivity contribution in [3.05, 3.63) is 0 Å². The van der Waals surface area contributed by atoms with E-state index in [1.165, 1.54) is 11.8 Å². The smallest absolute Gasteiger partial charge is 0.233 e. The van der Waals surface area contributed by atoms with Gasteiger partial charge in [-0.3, -0.25) is 4.79 Å². The van der Waals surface area contributed by atoms with Gasteiger partial charge < -0.3 is 9.64 Å².